The zero-order chi connectivity index (χ0) is 13.0. The lowest BCUT2D eigenvalue weighted by atomic mass is 10.00. The van der Waals surface area contributed by atoms with E-state index >= 15 is 0 Å². The summed E-state index contributed by atoms with van der Waals surface area (Å²) in [5.41, 5.74) is 2.04. The number of hydrogen-bond acceptors (Lipinski definition) is 2. The van der Waals surface area contributed by atoms with Gasteiger partial charge in [-0.25, -0.2) is 4.39 Å². The number of hydrogen-bond donors (Lipinski definition) is 1. The average molecular weight is 265 g/mol. The molecule has 2 rings (SSSR count). The highest BCUT2D eigenvalue weighted by Gasteiger charge is 2.11. The Morgan fingerprint density at radius 3 is 2.61 bits per heavy atom. The van der Waals surface area contributed by atoms with Gasteiger partial charge in [0.2, 0.25) is 0 Å². The molecule has 1 aromatic heterocycles. The van der Waals surface area contributed by atoms with E-state index in [0.29, 0.717) is 6.42 Å². The van der Waals surface area contributed by atoms with Crippen molar-refractivity contribution in [3.63, 3.8) is 0 Å². The van der Waals surface area contributed by atoms with Gasteiger partial charge >= 0.3 is 0 Å². The fourth-order valence-corrected chi connectivity index (χ4v) is 2.00. The van der Waals surface area contributed by atoms with Gasteiger partial charge in [-0.15, -0.1) is 0 Å². The Kier molecular flexibility index (Phi) is 4.28. The largest absolute Gasteiger partial charge is 0.313 e. The van der Waals surface area contributed by atoms with E-state index in [1.54, 1.807) is 18.5 Å². The van der Waals surface area contributed by atoms with Gasteiger partial charge in [-0.2, -0.15) is 0 Å². The SMILES string of the molecule is CNC(Cc1ccc(Cl)c(F)c1)c1ccncc1. The van der Waals surface area contributed by atoms with E-state index < -0.39 is 0 Å². The first-order chi connectivity index (χ1) is 8.70. The summed E-state index contributed by atoms with van der Waals surface area (Å²) in [5, 5.41) is 3.37. The van der Waals surface area contributed by atoms with Gasteiger partial charge in [0.25, 0.3) is 0 Å². The molecule has 0 saturated heterocycles. The molecule has 0 aliphatic heterocycles. The molecule has 1 heterocycles. The summed E-state index contributed by atoms with van der Waals surface area (Å²) in [4.78, 5) is 3.99. The van der Waals surface area contributed by atoms with Crippen molar-refractivity contribution in [1.29, 1.82) is 0 Å². The van der Waals surface area contributed by atoms with Crippen LogP contribution >= 0.6 is 11.6 Å². The second-order valence-corrected chi connectivity index (χ2v) is 4.48. The minimum atomic E-state index is -0.376. The predicted molar refractivity (Wildman–Crippen MR) is 71.2 cm³/mol. The Balaban J connectivity index is 2.18. The highest BCUT2D eigenvalue weighted by molar-refractivity contribution is 6.30. The van der Waals surface area contributed by atoms with Crippen LogP contribution < -0.4 is 5.32 Å². The zero-order valence-corrected chi connectivity index (χ0v) is 10.8. The van der Waals surface area contributed by atoms with Crippen LogP contribution in [0.25, 0.3) is 0 Å². The molecule has 0 saturated carbocycles. The van der Waals surface area contributed by atoms with Gasteiger partial charge in [0, 0.05) is 18.4 Å². The molecule has 1 aromatic carbocycles. The number of benzene rings is 1. The topological polar surface area (TPSA) is 24.9 Å². The van der Waals surface area contributed by atoms with E-state index in [-0.39, 0.29) is 16.9 Å². The average Bonchev–Trinajstić information content (AvgIpc) is 2.41. The molecule has 1 N–H and O–H groups in total. The number of aromatic nitrogens is 1. The van der Waals surface area contributed by atoms with Crippen LogP contribution in [0.4, 0.5) is 4.39 Å². The van der Waals surface area contributed by atoms with Crippen molar-refractivity contribution in [2.45, 2.75) is 12.5 Å². The van der Waals surface area contributed by atoms with Crippen molar-refractivity contribution in [3.8, 4) is 0 Å². The standard InChI is InChI=1S/C14H14ClFN2/c1-17-14(11-4-6-18-7-5-11)9-10-2-3-12(15)13(16)8-10/h2-8,14,17H,9H2,1H3. The summed E-state index contributed by atoms with van der Waals surface area (Å²) >= 11 is 5.67. The van der Waals surface area contributed by atoms with Gasteiger partial charge < -0.3 is 5.32 Å². The summed E-state index contributed by atoms with van der Waals surface area (Å²) in [6.45, 7) is 0. The lowest BCUT2D eigenvalue weighted by Gasteiger charge is -2.16. The molecule has 1 atom stereocenters. The van der Waals surface area contributed by atoms with Crippen LogP contribution in [0.2, 0.25) is 5.02 Å². The summed E-state index contributed by atoms with van der Waals surface area (Å²) in [7, 11) is 1.89. The Labute approximate surface area is 111 Å². The molecule has 0 bridgehead atoms. The Morgan fingerprint density at radius 1 is 1.28 bits per heavy atom. The zero-order valence-electron chi connectivity index (χ0n) is 10.0. The summed E-state index contributed by atoms with van der Waals surface area (Å²) in [6.07, 6.45) is 4.21. The molecule has 2 aromatic rings. The third-order valence-electron chi connectivity index (χ3n) is 2.88. The first-order valence-corrected chi connectivity index (χ1v) is 6.09. The van der Waals surface area contributed by atoms with Crippen molar-refractivity contribution in [1.82, 2.24) is 10.3 Å². The lowest BCUT2D eigenvalue weighted by Crippen LogP contribution is -2.18. The first-order valence-electron chi connectivity index (χ1n) is 5.72. The number of nitrogens with one attached hydrogen (secondary N) is 1. The van der Waals surface area contributed by atoms with Crippen LogP contribution in [-0.4, -0.2) is 12.0 Å². The quantitative estimate of drug-likeness (QED) is 0.916. The van der Waals surface area contributed by atoms with Gasteiger partial charge in [0.15, 0.2) is 0 Å². The summed E-state index contributed by atoms with van der Waals surface area (Å²) in [6, 6.07) is 8.95. The molecule has 0 fully saturated rings. The molecule has 94 valence electrons. The molecule has 1 unspecified atom stereocenters. The molecule has 0 radical (unpaired) electrons. The van der Waals surface area contributed by atoms with Crippen LogP contribution in [0.3, 0.4) is 0 Å². The molecule has 0 aliphatic carbocycles. The van der Waals surface area contributed by atoms with Crippen LogP contribution in [-0.2, 0) is 6.42 Å². The van der Waals surface area contributed by atoms with Crippen LogP contribution in [0, 0.1) is 5.82 Å². The maximum absolute atomic E-state index is 13.4. The molecule has 0 aliphatic rings. The minimum absolute atomic E-state index is 0.133. The normalized spacial score (nSPS) is 12.4. The molecule has 4 heteroatoms. The fourth-order valence-electron chi connectivity index (χ4n) is 1.88. The second-order valence-electron chi connectivity index (χ2n) is 4.07. The summed E-state index contributed by atoms with van der Waals surface area (Å²) in [5.74, 6) is -0.376. The monoisotopic (exact) mass is 264 g/mol. The van der Waals surface area contributed by atoms with E-state index in [9.17, 15) is 4.39 Å². The van der Waals surface area contributed by atoms with Gasteiger partial charge in [0.1, 0.15) is 5.82 Å². The van der Waals surface area contributed by atoms with Crippen molar-refractivity contribution in [2.24, 2.45) is 0 Å². The Hall–Kier alpha value is -1.45. The molecule has 0 spiro atoms. The Bertz CT molecular complexity index is 516. The van der Waals surface area contributed by atoms with Gasteiger partial charge in [0.05, 0.1) is 5.02 Å². The van der Waals surface area contributed by atoms with E-state index in [4.69, 9.17) is 11.6 Å². The van der Waals surface area contributed by atoms with E-state index in [1.165, 1.54) is 6.07 Å². The molecular weight excluding hydrogens is 251 g/mol. The molecule has 2 nitrogen and oxygen atoms in total. The van der Waals surface area contributed by atoms with Crippen LogP contribution in [0.5, 0.6) is 0 Å². The summed E-state index contributed by atoms with van der Waals surface area (Å²) < 4.78 is 13.4. The number of halogens is 2. The van der Waals surface area contributed by atoms with Crippen LogP contribution in [0.15, 0.2) is 42.7 Å². The van der Waals surface area contributed by atoms with E-state index in [0.717, 1.165) is 11.1 Å². The van der Waals surface area contributed by atoms with Crippen LogP contribution in [0.1, 0.15) is 17.2 Å². The molecule has 18 heavy (non-hydrogen) atoms. The van der Waals surface area contributed by atoms with Crippen molar-refractivity contribution in [3.05, 3.63) is 64.7 Å². The number of likely N-dealkylation sites (N-methyl/N-ethyl adjacent to an activating group) is 1. The maximum Gasteiger partial charge on any atom is 0.142 e. The highest BCUT2D eigenvalue weighted by atomic mass is 35.5. The number of pyridine rings is 1. The van der Waals surface area contributed by atoms with E-state index in [1.807, 2.05) is 25.2 Å². The second kappa shape index (κ2) is 5.94. The molecule has 0 amide bonds. The van der Waals surface area contributed by atoms with Crippen molar-refractivity contribution < 1.29 is 4.39 Å². The molecular formula is C14H14ClFN2. The lowest BCUT2D eigenvalue weighted by molar-refractivity contribution is 0.583. The van der Waals surface area contributed by atoms with Gasteiger partial charge in [-0.1, -0.05) is 17.7 Å². The van der Waals surface area contributed by atoms with Gasteiger partial charge in [-0.05, 0) is 48.9 Å². The third kappa shape index (κ3) is 3.06. The first kappa shape index (κ1) is 13.0. The van der Waals surface area contributed by atoms with Crippen molar-refractivity contribution >= 4 is 11.6 Å². The smallest absolute Gasteiger partial charge is 0.142 e. The van der Waals surface area contributed by atoms with Gasteiger partial charge in [-0.3, -0.25) is 4.98 Å². The maximum atomic E-state index is 13.4. The Morgan fingerprint density at radius 2 is 2.00 bits per heavy atom. The highest BCUT2D eigenvalue weighted by Crippen LogP contribution is 2.21. The number of nitrogens with zero attached hydrogens (tertiary/aromatic N) is 1. The minimum Gasteiger partial charge on any atom is -0.313 e. The predicted octanol–water partition coefficient (Wildman–Crippen LogP) is 3.38. The van der Waals surface area contributed by atoms with E-state index in [2.05, 4.69) is 10.3 Å². The van der Waals surface area contributed by atoms with Crippen molar-refractivity contribution in [2.75, 3.05) is 7.05 Å². The fraction of sp³-hybridized carbons (Fsp3) is 0.214. The number of rotatable bonds is 4. The third-order valence-corrected chi connectivity index (χ3v) is 3.19.